The zero-order valence-corrected chi connectivity index (χ0v) is 16.5. The average Bonchev–Trinajstić information content (AvgIpc) is 2.78. The molecule has 5 nitrogen and oxygen atoms in total. The number of piperidine rings is 1. The minimum atomic E-state index is -0.0625. The van der Waals surface area contributed by atoms with Gasteiger partial charge < -0.3 is 10.6 Å². The van der Waals surface area contributed by atoms with Crippen LogP contribution in [0.5, 0.6) is 0 Å². The van der Waals surface area contributed by atoms with Crippen LogP contribution in [0.15, 0.2) is 66.9 Å². The Kier molecular flexibility index (Phi) is 5.84. The summed E-state index contributed by atoms with van der Waals surface area (Å²) in [6.07, 6.45) is 6.03. The molecular weight excluding hydrogens is 360 g/mol. The molecule has 29 heavy (non-hydrogen) atoms. The maximum Gasteiger partial charge on any atom is 0.223 e. The van der Waals surface area contributed by atoms with Gasteiger partial charge in [0.05, 0.1) is 11.7 Å². The predicted molar refractivity (Wildman–Crippen MR) is 115 cm³/mol. The van der Waals surface area contributed by atoms with Crippen LogP contribution in [0.1, 0.15) is 43.0 Å². The molecule has 2 N–H and O–H groups in total. The van der Waals surface area contributed by atoms with E-state index in [1.807, 2.05) is 53.4 Å². The Morgan fingerprint density at radius 2 is 1.76 bits per heavy atom. The van der Waals surface area contributed by atoms with Gasteiger partial charge in [0.1, 0.15) is 0 Å². The van der Waals surface area contributed by atoms with Gasteiger partial charge in [-0.25, -0.2) is 9.97 Å². The van der Waals surface area contributed by atoms with Gasteiger partial charge in [-0.15, -0.1) is 0 Å². The molecule has 0 bridgehead atoms. The van der Waals surface area contributed by atoms with Crippen molar-refractivity contribution in [2.75, 3.05) is 12.3 Å². The minimum Gasteiger partial charge on any atom is -0.368 e. The first-order valence-electron chi connectivity index (χ1n) is 10.2. The van der Waals surface area contributed by atoms with Crippen LogP contribution in [0.25, 0.3) is 11.1 Å². The molecule has 0 saturated carbocycles. The number of amides is 1. The number of rotatable bonds is 5. The van der Waals surface area contributed by atoms with Crippen molar-refractivity contribution in [3.63, 3.8) is 0 Å². The fourth-order valence-corrected chi connectivity index (χ4v) is 4.06. The molecule has 5 heteroatoms. The number of nitrogens with two attached hydrogens (primary N) is 1. The van der Waals surface area contributed by atoms with E-state index in [0.717, 1.165) is 49.0 Å². The minimum absolute atomic E-state index is 0.0625. The van der Waals surface area contributed by atoms with Crippen LogP contribution >= 0.6 is 0 Å². The molecular formula is C24H26N4O. The Hall–Kier alpha value is -3.21. The molecule has 2 heterocycles. The van der Waals surface area contributed by atoms with Crippen LogP contribution in [0.4, 0.5) is 5.95 Å². The zero-order chi connectivity index (χ0) is 20.1. The molecule has 4 rings (SSSR count). The Labute approximate surface area is 171 Å². The van der Waals surface area contributed by atoms with E-state index < -0.39 is 0 Å². The van der Waals surface area contributed by atoms with Gasteiger partial charge in [0.25, 0.3) is 0 Å². The predicted octanol–water partition coefficient (Wildman–Crippen LogP) is 4.41. The second-order valence-electron chi connectivity index (χ2n) is 7.48. The van der Waals surface area contributed by atoms with Crippen LogP contribution in [-0.4, -0.2) is 27.3 Å². The van der Waals surface area contributed by atoms with Gasteiger partial charge in [0.2, 0.25) is 11.9 Å². The lowest BCUT2D eigenvalue weighted by Crippen LogP contribution is -2.39. The monoisotopic (exact) mass is 386 g/mol. The summed E-state index contributed by atoms with van der Waals surface area (Å²) in [5, 5.41) is 0. The first kappa shape index (κ1) is 19.1. The third kappa shape index (κ3) is 4.45. The Bertz CT molecular complexity index is 959. The van der Waals surface area contributed by atoms with Gasteiger partial charge in [0, 0.05) is 24.7 Å². The maximum atomic E-state index is 13.1. The van der Waals surface area contributed by atoms with Gasteiger partial charge in [-0.3, -0.25) is 4.79 Å². The average molecular weight is 386 g/mol. The molecule has 1 aliphatic heterocycles. The summed E-state index contributed by atoms with van der Waals surface area (Å²) in [4.78, 5) is 24.0. The molecule has 1 saturated heterocycles. The topological polar surface area (TPSA) is 72.1 Å². The summed E-state index contributed by atoms with van der Waals surface area (Å²) >= 11 is 0. The molecule has 0 spiro atoms. The highest BCUT2D eigenvalue weighted by atomic mass is 16.2. The molecule has 2 aromatic carbocycles. The van der Waals surface area contributed by atoms with E-state index in [4.69, 9.17) is 5.73 Å². The van der Waals surface area contributed by atoms with Crippen molar-refractivity contribution < 1.29 is 4.79 Å². The van der Waals surface area contributed by atoms with Crippen molar-refractivity contribution in [2.24, 2.45) is 0 Å². The van der Waals surface area contributed by atoms with Crippen molar-refractivity contribution in [2.45, 2.75) is 38.1 Å². The van der Waals surface area contributed by atoms with Crippen LogP contribution in [0.2, 0.25) is 0 Å². The summed E-state index contributed by atoms with van der Waals surface area (Å²) in [5.41, 5.74) is 9.98. The van der Waals surface area contributed by atoms with Crippen molar-refractivity contribution in [1.29, 1.82) is 0 Å². The molecule has 1 aliphatic rings. The number of nitrogen functional groups attached to an aromatic ring is 1. The maximum absolute atomic E-state index is 13.1. The van der Waals surface area contributed by atoms with E-state index in [0.29, 0.717) is 6.42 Å². The number of nitrogens with zero attached hydrogens (tertiary/aromatic N) is 3. The van der Waals surface area contributed by atoms with Crippen LogP contribution < -0.4 is 5.73 Å². The van der Waals surface area contributed by atoms with Gasteiger partial charge in [-0.1, -0.05) is 60.7 Å². The Morgan fingerprint density at radius 1 is 1.03 bits per heavy atom. The number of likely N-dealkylation sites (tertiary alicyclic amines) is 1. The number of hydrogen-bond acceptors (Lipinski definition) is 4. The third-order valence-corrected chi connectivity index (χ3v) is 5.53. The molecule has 0 radical (unpaired) electrons. The van der Waals surface area contributed by atoms with E-state index in [2.05, 4.69) is 22.1 Å². The number of aromatic nitrogens is 2. The fourth-order valence-electron chi connectivity index (χ4n) is 4.06. The second kappa shape index (κ2) is 8.86. The molecule has 3 aromatic rings. The van der Waals surface area contributed by atoms with E-state index in [1.54, 1.807) is 6.20 Å². The SMILES string of the molecule is Nc1ncc(-c2ccccc2)c([C@@H]2CCCCN2C(=O)CCc2ccccc2)n1. The molecule has 1 aromatic heterocycles. The zero-order valence-electron chi connectivity index (χ0n) is 16.5. The summed E-state index contributed by atoms with van der Waals surface area (Å²) in [6, 6.07) is 20.2. The highest BCUT2D eigenvalue weighted by molar-refractivity contribution is 5.78. The molecule has 1 atom stereocenters. The smallest absolute Gasteiger partial charge is 0.223 e. The van der Waals surface area contributed by atoms with Gasteiger partial charge in [0.15, 0.2) is 0 Å². The lowest BCUT2D eigenvalue weighted by atomic mass is 9.93. The summed E-state index contributed by atoms with van der Waals surface area (Å²) in [6.45, 7) is 0.760. The van der Waals surface area contributed by atoms with E-state index in [9.17, 15) is 4.79 Å². The first-order chi connectivity index (χ1) is 14.2. The second-order valence-corrected chi connectivity index (χ2v) is 7.48. The highest BCUT2D eigenvalue weighted by Crippen LogP contribution is 2.36. The van der Waals surface area contributed by atoms with Crippen molar-refractivity contribution in [1.82, 2.24) is 14.9 Å². The van der Waals surface area contributed by atoms with Crippen molar-refractivity contribution >= 4 is 11.9 Å². The van der Waals surface area contributed by atoms with Gasteiger partial charge in [-0.05, 0) is 36.8 Å². The Morgan fingerprint density at radius 3 is 2.52 bits per heavy atom. The number of benzene rings is 2. The van der Waals surface area contributed by atoms with Crippen LogP contribution in [0.3, 0.4) is 0 Å². The fraction of sp³-hybridized carbons (Fsp3) is 0.292. The van der Waals surface area contributed by atoms with Gasteiger partial charge >= 0.3 is 0 Å². The standard InChI is InChI=1S/C24H26N4O/c25-24-26-17-20(19-11-5-2-6-12-19)23(27-24)21-13-7-8-16-28(21)22(29)15-14-18-9-3-1-4-10-18/h1-6,9-12,17,21H,7-8,13-16H2,(H2,25,26,27)/t21-/m0/s1. The van der Waals surface area contributed by atoms with Crippen LogP contribution in [0, 0.1) is 0 Å². The van der Waals surface area contributed by atoms with Crippen molar-refractivity contribution in [3.05, 3.63) is 78.1 Å². The quantitative estimate of drug-likeness (QED) is 0.705. The molecule has 148 valence electrons. The normalized spacial score (nSPS) is 16.6. The van der Waals surface area contributed by atoms with E-state index in [-0.39, 0.29) is 17.9 Å². The summed E-state index contributed by atoms with van der Waals surface area (Å²) in [7, 11) is 0. The highest BCUT2D eigenvalue weighted by Gasteiger charge is 2.31. The Balaban J connectivity index is 1.61. The molecule has 0 aliphatic carbocycles. The van der Waals surface area contributed by atoms with E-state index in [1.165, 1.54) is 5.56 Å². The van der Waals surface area contributed by atoms with Gasteiger partial charge in [-0.2, -0.15) is 0 Å². The number of hydrogen-bond donors (Lipinski definition) is 1. The molecule has 0 unspecified atom stereocenters. The number of carbonyl (C=O) groups excluding carboxylic acids is 1. The third-order valence-electron chi connectivity index (χ3n) is 5.53. The summed E-state index contributed by atoms with van der Waals surface area (Å²) in [5.74, 6) is 0.427. The van der Waals surface area contributed by atoms with E-state index >= 15 is 0 Å². The van der Waals surface area contributed by atoms with Crippen molar-refractivity contribution in [3.8, 4) is 11.1 Å². The largest absolute Gasteiger partial charge is 0.368 e. The number of aryl methyl sites for hydroxylation is 1. The summed E-state index contributed by atoms with van der Waals surface area (Å²) < 4.78 is 0. The lowest BCUT2D eigenvalue weighted by Gasteiger charge is -2.36. The lowest BCUT2D eigenvalue weighted by molar-refractivity contribution is -0.135. The number of anilines is 1. The van der Waals surface area contributed by atoms with Crippen LogP contribution in [-0.2, 0) is 11.2 Å². The first-order valence-corrected chi connectivity index (χ1v) is 10.2. The molecule has 1 fully saturated rings. The molecule has 1 amide bonds. The number of carbonyl (C=O) groups is 1.